The molecule has 0 aliphatic carbocycles. The van der Waals surface area contributed by atoms with Crippen molar-refractivity contribution in [3.63, 3.8) is 0 Å². The summed E-state index contributed by atoms with van der Waals surface area (Å²) in [4.78, 5) is 17.1. The summed E-state index contributed by atoms with van der Waals surface area (Å²) < 4.78 is 0. The van der Waals surface area contributed by atoms with Gasteiger partial charge in [-0.3, -0.25) is 4.79 Å². The van der Waals surface area contributed by atoms with Crippen LogP contribution >= 0.6 is 11.3 Å². The minimum absolute atomic E-state index is 0.155. The first-order valence-electron chi connectivity index (χ1n) is 6.10. The molecule has 2 N–H and O–H groups in total. The first-order chi connectivity index (χ1) is 8.15. The largest absolute Gasteiger partial charge is 0.356 e. The topological polar surface area (TPSA) is 54.0 Å². The predicted octanol–water partition coefficient (Wildman–Crippen LogP) is 1.77. The molecule has 1 saturated heterocycles. The molecule has 17 heavy (non-hydrogen) atoms. The maximum absolute atomic E-state index is 11.5. The monoisotopic (exact) mass is 253 g/mol. The van der Waals surface area contributed by atoms with Gasteiger partial charge in [-0.1, -0.05) is 0 Å². The highest BCUT2D eigenvalue weighted by molar-refractivity contribution is 7.11. The number of carbonyl (C=O) groups is 1. The molecule has 2 heterocycles. The van der Waals surface area contributed by atoms with Crippen LogP contribution in [-0.4, -0.2) is 23.5 Å². The Kier molecular flexibility index (Phi) is 4.12. The van der Waals surface area contributed by atoms with E-state index in [1.54, 1.807) is 11.3 Å². The van der Waals surface area contributed by atoms with Gasteiger partial charge in [0.05, 0.1) is 6.04 Å². The van der Waals surface area contributed by atoms with E-state index in [1.807, 2.05) is 6.20 Å². The molecule has 2 unspecified atom stereocenters. The Balaban J connectivity index is 1.93. The number of thiazole rings is 1. The van der Waals surface area contributed by atoms with Crippen molar-refractivity contribution < 1.29 is 4.79 Å². The summed E-state index contributed by atoms with van der Waals surface area (Å²) in [5.74, 6) is 0.155. The number of nitrogens with one attached hydrogen (secondary N) is 2. The average molecular weight is 253 g/mol. The fraction of sp³-hybridized carbons (Fsp3) is 0.667. The molecule has 0 bridgehead atoms. The fourth-order valence-corrected chi connectivity index (χ4v) is 2.90. The Hall–Kier alpha value is -0.940. The quantitative estimate of drug-likeness (QED) is 0.863. The number of nitrogens with zero attached hydrogens (tertiary/aromatic N) is 1. The van der Waals surface area contributed by atoms with Crippen molar-refractivity contribution in [3.05, 3.63) is 16.1 Å². The second kappa shape index (κ2) is 5.60. The van der Waals surface area contributed by atoms with Crippen molar-refractivity contribution >= 4 is 17.2 Å². The lowest BCUT2D eigenvalue weighted by Gasteiger charge is -2.19. The average Bonchev–Trinajstić information content (AvgIpc) is 2.61. The van der Waals surface area contributed by atoms with E-state index in [1.165, 1.54) is 4.88 Å². The van der Waals surface area contributed by atoms with Crippen LogP contribution in [0.4, 0.5) is 0 Å². The van der Waals surface area contributed by atoms with Gasteiger partial charge in [-0.05, 0) is 26.7 Å². The normalized spacial score (nSPS) is 22.9. The molecule has 2 rings (SSSR count). The number of carbonyl (C=O) groups excluding carboxylic acids is 1. The lowest BCUT2D eigenvalue weighted by atomic mass is 10.1. The van der Waals surface area contributed by atoms with Crippen LogP contribution in [0.15, 0.2) is 6.20 Å². The van der Waals surface area contributed by atoms with Gasteiger partial charge in [-0.2, -0.15) is 0 Å². The number of aromatic nitrogens is 1. The zero-order valence-corrected chi connectivity index (χ0v) is 11.1. The summed E-state index contributed by atoms with van der Waals surface area (Å²) in [5.41, 5.74) is 0. The number of aryl methyl sites for hydroxylation is 1. The molecule has 1 aliphatic heterocycles. The van der Waals surface area contributed by atoms with Gasteiger partial charge in [0.25, 0.3) is 0 Å². The molecule has 4 nitrogen and oxygen atoms in total. The third-order valence-electron chi connectivity index (χ3n) is 2.98. The van der Waals surface area contributed by atoms with Crippen molar-refractivity contribution in [2.75, 3.05) is 6.54 Å². The lowest BCUT2D eigenvalue weighted by molar-refractivity contribution is -0.121. The van der Waals surface area contributed by atoms with Gasteiger partial charge in [0.15, 0.2) is 0 Å². The van der Waals surface area contributed by atoms with Gasteiger partial charge in [-0.25, -0.2) is 4.98 Å². The van der Waals surface area contributed by atoms with E-state index in [9.17, 15) is 4.79 Å². The Morgan fingerprint density at radius 3 is 3.18 bits per heavy atom. The van der Waals surface area contributed by atoms with Crippen LogP contribution in [0.1, 0.15) is 42.1 Å². The summed E-state index contributed by atoms with van der Waals surface area (Å²) in [6.07, 6.45) is 4.58. The molecule has 5 heteroatoms. The molecule has 1 aromatic heterocycles. The zero-order valence-electron chi connectivity index (χ0n) is 10.3. The van der Waals surface area contributed by atoms with Crippen LogP contribution in [0.25, 0.3) is 0 Å². The summed E-state index contributed by atoms with van der Waals surface area (Å²) >= 11 is 1.72. The predicted molar refractivity (Wildman–Crippen MR) is 69.1 cm³/mol. The van der Waals surface area contributed by atoms with Crippen LogP contribution < -0.4 is 10.6 Å². The van der Waals surface area contributed by atoms with E-state index < -0.39 is 0 Å². The zero-order chi connectivity index (χ0) is 12.3. The van der Waals surface area contributed by atoms with Gasteiger partial charge in [0.2, 0.25) is 5.91 Å². The van der Waals surface area contributed by atoms with Crippen molar-refractivity contribution in [1.29, 1.82) is 0 Å². The maximum Gasteiger partial charge on any atom is 0.221 e. The fourth-order valence-electron chi connectivity index (χ4n) is 2.11. The molecule has 0 aromatic carbocycles. The van der Waals surface area contributed by atoms with E-state index in [0.29, 0.717) is 6.42 Å². The standard InChI is InChI=1S/C12H19N3OS/c1-8-7-14-12(17-8)9(2)15-10-4-3-5-13-11(16)6-10/h7,9-10,15H,3-6H2,1-2H3,(H,13,16). The highest BCUT2D eigenvalue weighted by Crippen LogP contribution is 2.20. The molecule has 0 spiro atoms. The Bertz CT molecular complexity index is 391. The number of hydrogen-bond donors (Lipinski definition) is 2. The third kappa shape index (κ3) is 3.51. The second-order valence-corrected chi connectivity index (χ2v) is 5.86. The molecule has 1 amide bonds. The maximum atomic E-state index is 11.5. The van der Waals surface area contributed by atoms with Gasteiger partial charge < -0.3 is 10.6 Å². The molecule has 1 aliphatic rings. The van der Waals surface area contributed by atoms with Crippen molar-refractivity contribution in [2.45, 2.75) is 45.2 Å². The van der Waals surface area contributed by atoms with Gasteiger partial charge in [-0.15, -0.1) is 11.3 Å². The SMILES string of the molecule is Cc1cnc(C(C)NC2CCCNC(=O)C2)s1. The van der Waals surface area contributed by atoms with Crippen LogP contribution in [0.5, 0.6) is 0 Å². The summed E-state index contributed by atoms with van der Waals surface area (Å²) in [6, 6.07) is 0.501. The second-order valence-electron chi connectivity index (χ2n) is 4.59. The highest BCUT2D eigenvalue weighted by atomic mass is 32.1. The number of rotatable bonds is 3. The van der Waals surface area contributed by atoms with E-state index in [-0.39, 0.29) is 18.0 Å². The van der Waals surface area contributed by atoms with Crippen LogP contribution in [0.3, 0.4) is 0 Å². The van der Waals surface area contributed by atoms with Gasteiger partial charge in [0, 0.05) is 30.1 Å². The molecular formula is C12H19N3OS. The summed E-state index contributed by atoms with van der Waals surface area (Å²) in [7, 11) is 0. The van der Waals surface area contributed by atoms with E-state index >= 15 is 0 Å². The van der Waals surface area contributed by atoms with Crippen LogP contribution in [0, 0.1) is 6.92 Å². The molecule has 1 aromatic rings. The Morgan fingerprint density at radius 2 is 2.47 bits per heavy atom. The summed E-state index contributed by atoms with van der Waals surface area (Å²) in [5, 5.41) is 7.51. The molecule has 1 fully saturated rings. The Labute approximate surface area is 106 Å². The number of amides is 1. The minimum Gasteiger partial charge on any atom is -0.356 e. The van der Waals surface area contributed by atoms with Crippen molar-refractivity contribution in [1.82, 2.24) is 15.6 Å². The van der Waals surface area contributed by atoms with Gasteiger partial charge >= 0.3 is 0 Å². The van der Waals surface area contributed by atoms with E-state index in [2.05, 4.69) is 29.5 Å². The molecule has 0 radical (unpaired) electrons. The van der Waals surface area contributed by atoms with Crippen LogP contribution in [0.2, 0.25) is 0 Å². The molecule has 2 atom stereocenters. The first-order valence-corrected chi connectivity index (χ1v) is 6.92. The Morgan fingerprint density at radius 1 is 1.65 bits per heavy atom. The third-order valence-corrected chi connectivity index (χ3v) is 4.07. The molecule has 0 saturated carbocycles. The van der Waals surface area contributed by atoms with E-state index in [4.69, 9.17) is 0 Å². The van der Waals surface area contributed by atoms with Crippen LogP contribution in [-0.2, 0) is 4.79 Å². The minimum atomic E-state index is 0.155. The smallest absolute Gasteiger partial charge is 0.221 e. The van der Waals surface area contributed by atoms with Crippen molar-refractivity contribution in [2.24, 2.45) is 0 Å². The van der Waals surface area contributed by atoms with Gasteiger partial charge in [0.1, 0.15) is 5.01 Å². The number of hydrogen-bond acceptors (Lipinski definition) is 4. The molecule has 94 valence electrons. The van der Waals surface area contributed by atoms with Crippen molar-refractivity contribution in [3.8, 4) is 0 Å². The van der Waals surface area contributed by atoms with E-state index in [0.717, 1.165) is 24.4 Å². The highest BCUT2D eigenvalue weighted by Gasteiger charge is 2.20. The summed E-state index contributed by atoms with van der Waals surface area (Å²) in [6.45, 7) is 4.98. The molecular weight excluding hydrogens is 234 g/mol. The lowest BCUT2D eigenvalue weighted by Crippen LogP contribution is -2.34. The first kappa shape index (κ1) is 12.5.